The van der Waals surface area contributed by atoms with E-state index in [1.54, 1.807) is 6.92 Å². The van der Waals surface area contributed by atoms with Crippen molar-refractivity contribution in [3.8, 4) is 0 Å². The summed E-state index contributed by atoms with van der Waals surface area (Å²) in [6.07, 6.45) is -5.87. The molecule has 12 heteroatoms. The largest absolute Gasteiger partial charge is 0.467 e. The Kier molecular flexibility index (Phi) is 8.42. The van der Waals surface area contributed by atoms with Gasteiger partial charge in [0.05, 0.1) is 22.0 Å². The van der Waals surface area contributed by atoms with Crippen molar-refractivity contribution in [2.24, 2.45) is 17.3 Å². The highest BCUT2D eigenvalue weighted by atomic mass is 32.2. The third-order valence-corrected chi connectivity index (χ3v) is 12.7. The van der Waals surface area contributed by atoms with Gasteiger partial charge in [-0.1, -0.05) is 44.2 Å². The molecule has 2 fully saturated rings. The van der Waals surface area contributed by atoms with Crippen LogP contribution in [0.25, 0.3) is 0 Å². The van der Waals surface area contributed by atoms with Crippen molar-refractivity contribution in [1.82, 2.24) is 0 Å². The molecule has 0 aromatic heterocycles. The first-order valence-corrected chi connectivity index (χ1v) is 17.4. The molecule has 0 spiro atoms. The van der Waals surface area contributed by atoms with Gasteiger partial charge in [-0.3, -0.25) is 9.59 Å². The predicted octanol–water partition coefficient (Wildman–Crippen LogP) is 2.81. The zero-order valence-corrected chi connectivity index (χ0v) is 27.0. The third-order valence-electron chi connectivity index (χ3n) is 9.82. The van der Waals surface area contributed by atoms with Gasteiger partial charge in [-0.05, 0) is 37.2 Å². The van der Waals surface area contributed by atoms with Gasteiger partial charge < -0.3 is 39.4 Å². The molecule has 0 amide bonds. The van der Waals surface area contributed by atoms with Crippen molar-refractivity contribution in [1.29, 1.82) is 0 Å². The van der Waals surface area contributed by atoms with Crippen LogP contribution in [-0.2, 0) is 35.0 Å². The first kappa shape index (κ1) is 31.7. The number of benzene rings is 1. The van der Waals surface area contributed by atoms with E-state index in [1.807, 2.05) is 44.2 Å². The second kappa shape index (κ2) is 12.0. The van der Waals surface area contributed by atoms with Crippen LogP contribution in [0.5, 0.6) is 0 Å². The number of Topliss-reactive ketones (excluding diaryl/α,β-unsaturated/α-hetero) is 2. The monoisotopic (exact) mass is 660 g/mol. The molecule has 12 unspecified atom stereocenters. The lowest BCUT2D eigenvalue weighted by atomic mass is 9.77. The maximum Gasteiger partial charge on any atom is 0.214 e. The summed E-state index contributed by atoms with van der Waals surface area (Å²) in [4.78, 5) is 27.8. The molecular formula is C33H40O10S2. The molecule has 0 bridgehead atoms. The Morgan fingerprint density at radius 1 is 0.822 bits per heavy atom. The maximum absolute atomic E-state index is 14.1. The molecular weight excluding hydrogens is 620 g/mol. The van der Waals surface area contributed by atoms with Gasteiger partial charge in [0.2, 0.25) is 12.6 Å². The van der Waals surface area contributed by atoms with Gasteiger partial charge >= 0.3 is 0 Å². The standard InChI is InChI=1S/C33H40O10S2/c1-14-21(35)24(38)29-31(40-14)43-26-17(9-15-7-5-4-6-8-15)10-16(22(36)28(26)45-29)11-19-23(37)25(39)30-32(41-19)42-20-13-33(2,3)12-18(34)27(20)44-30/h4-8,14,16-17,19,21,23-25,29-32,35,37-39H,9-13H2,1-3H3. The molecule has 4 aliphatic heterocycles. The molecule has 1 aromatic rings. The molecule has 0 saturated carbocycles. The molecule has 1 aromatic carbocycles. The number of carbonyl (C=O) groups is 2. The summed E-state index contributed by atoms with van der Waals surface area (Å²) in [6, 6.07) is 9.90. The molecule has 4 N–H and O–H groups in total. The van der Waals surface area contributed by atoms with Gasteiger partial charge in [-0.15, -0.1) is 23.5 Å². The minimum Gasteiger partial charge on any atom is -0.467 e. The van der Waals surface area contributed by atoms with E-state index >= 15 is 0 Å². The van der Waals surface area contributed by atoms with E-state index in [1.165, 1.54) is 23.5 Å². The summed E-state index contributed by atoms with van der Waals surface area (Å²) in [5.41, 5.74) is 0.813. The Bertz CT molecular complexity index is 1410. The molecule has 7 rings (SSSR count). The summed E-state index contributed by atoms with van der Waals surface area (Å²) >= 11 is 2.40. The smallest absolute Gasteiger partial charge is 0.214 e. The summed E-state index contributed by atoms with van der Waals surface area (Å²) in [5, 5.41) is 42.4. The normalized spacial score (nSPS) is 42.6. The Hall–Kier alpha value is -1.90. The van der Waals surface area contributed by atoms with Gasteiger partial charge in [0, 0.05) is 24.7 Å². The number of ketones is 2. The van der Waals surface area contributed by atoms with Crippen molar-refractivity contribution in [2.45, 2.75) is 113 Å². The van der Waals surface area contributed by atoms with Crippen molar-refractivity contribution in [3.05, 3.63) is 57.2 Å². The fourth-order valence-corrected chi connectivity index (χ4v) is 10.1. The molecule has 0 radical (unpaired) electrons. The van der Waals surface area contributed by atoms with E-state index in [2.05, 4.69) is 0 Å². The van der Waals surface area contributed by atoms with E-state index in [0.717, 1.165) is 5.56 Å². The van der Waals surface area contributed by atoms with Crippen molar-refractivity contribution in [2.75, 3.05) is 0 Å². The highest BCUT2D eigenvalue weighted by Crippen LogP contribution is 2.52. The van der Waals surface area contributed by atoms with Crippen LogP contribution in [0.15, 0.2) is 51.7 Å². The minimum atomic E-state index is -1.29. The topological polar surface area (TPSA) is 152 Å². The van der Waals surface area contributed by atoms with Crippen molar-refractivity contribution in [3.63, 3.8) is 0 Å². The summed E-state index contributed by atoms with van der Waals surface area (Å²) in [7, 11) is 0. The lowest BCUT2D eigenvalue weighted by Crippen LogP contribution is -2.59. The Balaban J connectivity index is 1.14. The van der Waals surface area contributed by atoms with Gasteiger partial charge in [-0.2, -0.15) is 0 Å². The van der Waals surface area contributed by atoms with Crippen LogP contribution in [0.2, 0.25) is 0 Å². The van der Waals surface area contributed by atoms with Crippen LogP contribution < -0.4 is 0 Å². The second-order valence-electron chi connectivity index (χ2n) is 13.9. The number of rotatable bonds is 4. The zero-order valence-electron chi connectivity index (χ0n) is 25.4. The number of ether oxygens (including phenoxy) is 4. The number of thioether (sulfide) groups is 2. The Morgan fingerprint density at radius 3 is 2.22 bits per heavy atom. The van der Waals surface area contributed by atoms with E-state index in [4.69, 9.17) is 18.9 Å². The molecule has 2 aliphatic carbocycles. The quantitative estimate of drug-likeness (QED) is 0.376. The third kappa shape index (κ3) is 5.79. The van der Waals surface area contributed by atoms with Gasteiger partial charge in [0.15, 0.2) is 11.6 Å². The lowest BCUT2D eigenvalue weighted by Gasteiger charge is -2.48. The first-order valence-electron chi connectivity index (χ1n) is 15.7. The van der Waals surface area contributed by atoms with Gasteiger partial charge in [-0.25, -0.2) is 0 Å². The number of fused-ring (bicyclic) bond motifs is 2. The summed E-state index contributed by atoms with van der Waals surface area (Å²) in [5.74, 6) is 0.119. The van der Waals surface area contributed by atoms with Crippen LogP contribution in [0.3, 0.4) is 0 Å². The Morgan fingerprint density at radius 2 is 1.49 bits per heavy atom. The lowest BCUT2D eigenvalue weighted by molar-refractivity contribution is -0.241. The molecule has 10 nitrogen and oxygen atoms in total. The van der Waals surface area contributed by atoms with Crippen LogP contribution in [0, 0.1) is 17.3 Å². The van der Waals surface area contributed by atoms with Gasteiger partial charge in [0.25, 0.3) is 0 Å². The fourth-order valence-electron chi connectivity index (χ4n) is 7.43. The molecule has 6 aliphatic rings. The highest BCUT2D eigenvalue weighted by Gasteiger charge is 2.55. The van der Waals surface area contributed by atoms with E-state index < -0.39 is 65.6 Å². The van der Waals surface area contributed by atoms with E-state index in [0.29, 0.717) is 47.0 Å². The van der Waals surface area contributed by atoms with Crippen LogP contribution in [0.1, 0.15) is 52.0 Å². The number of hydrogen-bond acceptors (Lipinski definition) is 12. The highest BCUT2D eigenvalue weighted by molar-refractivity contribution is 8.05. The fraction of sp³-hybridized carbons (Fsp3) is 0.636. The Labute approximate surface area is 270 Å². The second-order valence-corrected chi connectivity index (χ2v) is 16.3. The predicted molar refractivity (Wildman–Crippen MR) is 165 cm³/mol. The van der Waals surface area contributed by atoms with Gasteiger partial charge in [0.1, 0.15) is 46.4 Å². The number of allylic oxidation sites excluding steroid dienone is 4. The number of hydrogen-bond donors (Lipinski definition) is 4. The molecule has 4 heterocycles. The van der Waals surface area contributed by atoms with Crippen LogP contribution >= 0.6 is 23.5 Å². The first-order chi connectivity index (χ1) is 21.4. The van der Waals surface area contributed by atoms with E-state index in [-0.39, 0.29) is 29.3 Å². The zero-order chi connectivity index (χ0) is 31.8. The van der Waals surface area contributed by atoms with Crippen molar-refractivity contribution < 1.29 is 49.0 Å². The van der Waals surface area contributed by atoms with Crippen LogP contribution in [0.4, 0.5) is 0 Å². The minimum absolute atomic E-state index is 0.0280. The maximum atomic E-state index is 14.1. The average Bonchev–Trinajstić information content (AvgIpc) is 2.99. The summed E-state index contributed by atoms with van der Waals surface area (Å²) < 4.78 is 24.7. The van der Waals surface area contributed by atoms with E-state index in [9.17, 15) is 30.0 Å². The van der Waals surface area contributed by atoms with Crippen LogP contribution in [-0.4, -0.2) is 91.7 Å². The molecule has 2 saturated heterocycles. The molecule has 12 atom stereocenters. The molecule has 244 valence electrons. The number of carbonyl (C=O) groups excluding carboxylic acids is 2. The number of aliphatic hydroxyl groups is 4. The SMILES string of the molecule is CC1OC2OC3=C(SC2C(O)C1O)C(=O)C(CC1OC2OC4=C(SC2C(O)C1O)C(=O)CC(C)(C)C4)CC3Cc1ccccc1. The summed E-state index contributed by atoms with van der Waals surface area (Å²) in [6.45, 7) is 5.70. The molecule has 45 heavy (non-hydrogen) atoms. The average molecular weight is 661 g/mol. The van der Waals surface area contributed by atoms with Crippen molar-refractivity contribution >= 4 is 35.1 Å². The number of aliphatic hydroxyl groups excluding tert-OH is 4.